The van der Waals surface area contributed by atoms with Crippen molar-refractivity contribution in [3.63, 3.8) is 0 Å². The van der Waals surface area contributed by atoms with Gasteiger partial charge in [0.05, 0.1) is 38.1 Å². The van der Waals surface area contributed by atoms with Crippen molar-refractivity contribution in [1.29, 1.82) is 0 Å². The molecule has 5 heterocycles. The number of aromatic amines is 2. The number of primary amides is 1. The quantitative estimate of drug-likeness (QED) is 0.0590. The van der Waals surface area contributed by atoms with Crippen LogP contribution in [0.1, 0.15) is 118 Å². The topological polar surface area (TPSA) is 554 Å². The Balaban J connectivity index is 0.00000686. The van der Waals surface area contributed by atoms with Gasteiger partial charge in [0, 0.05) is 121 Å². The third-order valence-corrected chi connectivity index (χ3v) is 22.4. The predicted octanol–water partition coefficient (Wildman–Crippen LogP) is -3.22. The summed E-state index contributed by atoms with van der Waals surface area (Å²) in [7, 11) is 1.82. The molecule has 3 fully saturated rings. The molecule has 1 unspecified atom stereocenters. The standard InChI is InChI=1S/C76H109N17O18S2.CO2/c1-10-45-30-59(96)66(44(8)94)89-70(105)48(31-58(95)42(6)77)36-112-26-21-61(98)91-24-25-92(39-90(9)38-91)62(99)22-27-113-37-56(67(78)102)86-74(109)57-20-15-23-93(57)76(111)65(41(4)5)88-72(107)53(28-46-33-79-51-18-13-11-16-49(46)51)83-60(97)35-81-71(106)55(32-63(100)101)85-75(110)64(40(2)3)87-73(108)54(84-68(103)43(7)82-69(45)104)29-47-34-80-52-19-14-12-17-50(47)52;2-1-3/h11-14,16-19,33-34,40-45,48,53-57,64-66,79-80,94H,10,15,20-32,35-39,77H2,1-9H3,(H2,78,102)(H,81,106)(H,82,104)(H,83,97)(H,84,103)(H,85,110)(H,86,109)(H,87,108)(H,88,107)(H,89,105)(H,100,101);/p+1/t42-,43-,44+,45+,48-,53-,54-,55-,56-,57-,64-,65-,66-;/m0./s1. The largest absolute Gasteiger partial charge is 0.481 e. The third kappa shape index (κ3) is 27.8. The minimum atomic E-state index is -1.89. The zero-order chi connectivity index (χ0) is 85.8. The first kappa shape index (κ1) is 94.3. The SMILES string of the molecule is CC[C@@H]1CC(=O)[C@H]([C@@H](C)O)NC(=O)[C@@H](CC(=O)[C@H](C)N)CSCCC(=O)N2CCN(C[NH+](C)C2)C(=O)CCSC[C@@H](C(N)=O)NC(=O)[C@@H]2CCCN2C(=O)[C@H](C(C)C)NC(=O)[C@H](Cc2c[nH]c3ccccc23)NC(=O)CNC(=O)[C@H](CC(=O)O)NC(=O)[C@H](C(C)C)NC(=O)[C@H](Cc2c[nH]c3ccccc23)NC(=O)[C@H](C)NC1=O.O=C=O. The van der Waals surface area contributed by atoms with Crippen molar-refractivity contribution in [3.05, 3.63) is 72.1 Å². The summed E-state index contributed by atoms with van der Waals surface area (Å²) >= 11 is 2.39. The van der Waals surface area contributed by atoms with E-state index in [2.05, 4.69) is 57.8 Å². The molecule has 3 saturated heterocycles. The summed E-state index contributed by atoms with van der Waals surface area (Å²) in [6, 6.07) is 0.226. The highest BCUT2D eigenvalue weighted by Gasteiger charge is 2.42. The number of aliphatic hydroxyl groups is 1. The molecule has 2 aromatic heterocycles. The first-order valence-corrected chi connectivity index (χ1v) is 40.9. The molecule has 2 bridgehead atoms. The number of carboxylic acids is 1. The van der Waals surface area contributed by atoms with E-state index < -0.39 is 192 Å². The number of quaternary nitrogens is 1. The molecule has 116 heavy (non-hydrogen) atoms. The Morgan fingerprint density at radius 1 is 0.603 bits per heavy atom. The number of hydrogen-bond acceptors (Lipinski definition) is 22. The van der Waals surface area contributed by atoms with Gasteiger partial charge in [-0.2, -0.15) is 33.1 Å². The Labute approximate surface area is 679 Å². The minimum Gasteiger partial charge on any atom is -0.481 e. The molecular weight excluding hydrogens is 1550 g/mol. The van der Waals surface area contributed by atoms with Crippen LogP contribution in [0.3, 0.4) is 0 Å². The second-order valence-corrected chi connectivity index (χ2v) is 32.3. The lowest BCUT2D eigenvalue weighted by Gasteiger charge is -2.32. The zero-order valence-corrected chi connectivity index (χ0v) is 68.3. The number of nitrogens with one attached hydrogen (secondary N) is 12. The Bertz CT molecular complexity index is 4220. The second kappa shape index (κ2) is 45.6. The zero-order valence-electron chi connectivity index (χ0n) is 66.6. The van der Waals surface area contributed by atoms with Crippen LogP contribution in [0, 0.1) is 23.7 Å². The van der Waals surface area contributed by atoms with Gasteiger partial charge in [0.2, 0.25) is 76.8 Å². The Morgan fingerprint density at radius 3 is 1.63 bits per heavy atom. The summed E-state index contributed by atoms with van der Waals surface area (Å²) in [5.74, 6) is -16.2. The van der Waals surface area contributed by atoms with Crippen LogP contribution in [-0.2, 0) is 99.1 Å². The van der Waals surface area contributed by atoms with Crippen molar-refractivity contribution < 1.29 is 101 Å². The number of fused-ring (bicyclic) bond motifs is 6. The molecule has 4 aromatic rings. The van der Waals surface area contributed by atoms with Crippen molar-refractivity contribution in [3.8, 4) is 0 Å². The van der Waals surface area contributed by atoms with Crippen LogP contribution in [0.25, 0.3) is 21.8 Å². The molecule has 7 rings (SSSR count). The van der Waals surface area contributed by atoms with Gasteiger partial charge in [-0.25, -0.2) is 0 Å². The lowest BCUT2D eigenvalue weighted by molar-refractivity contribution is -0.895. The van der Waals surface area contributed by atoms with Crippen LogP contribution in [-0.4, -0.2) is 271 Å². The molecule has 0 aliphatic carbocycles. The molecular formula is C77H110N17O20S2+. The average molecular weight is 1660 g/mol. The molecule has 18 N–H and O–H groups in total. The van der Waals surface area contributed by atoms with Gasteiger partial charge in [0.25, 0.3) is 0 Å². The fourth-order valence-electron chi connectivity index (χ4n) is 13.6. The number of rotatable bonds is 14. The summed E-state index contributed by atoms with van der Waals surface area (Å²) in [5.41, 5.74) is 14.2. The van der Waals surface area contributed by atoms with Crippen molar-refractivity contribution in [1.82, 2.24) is 72.5 Å². The van der Waals surface area contributed by atoms with Crippen LogP contribution in [0.4, 0.5) is 0 Å². The van der Waals surface area contributed by atoms with Gasteiger partial charge < -0.3 is 89.3 Å². The monoisotopic (exact) mass is 1660 g/mol. The van der Waals surface area contributed by atoms with Gasteiger partial charge in [-0.1, -0.05) is 71.0 Å². The summed E-state index contributed by atoms with van der Waals surface area (Å²) in [6.45, 7) is 12.1. The second-order valence-electron chi connectivity index (χ2n) is 30.0. The first-order valence-electron chi connectivity index (χ1n) is 38.6. The van der Waals surface area contributed by atoms with Crippen LogP contribution < -0.4 is 64.2 Å². The van der Waals surface area contributed by atoms with Gasteiger partial charge in [0.1, 0.15) is 60.2 Å². The molecule has 39 heteroatoms. The molecule has 634 valence electrons. The fraction of sp³-hybridized carbons (Fsp3) is 0.571. The lowest BCUT2D eigenvalue weighted by Crippen LogP contribution is -3.11. The lowest BCUT2D eigenvalue weighted by atomic mass is 9.92. The van der Waals surface area contributed by atoms with Crippen LogP contribution in [0.15, 0.2) is 60.9 Å². The summed E-state index contributed by atoms with van der Waals surface area (Å²) in [6.07, 6.45) is 0.279. The van der Waals surface area contributed by atoms with Crippen LogP contribution >= 0.6 is 23.5 Å². The van der Waals surface area contributed by atoms with Gasteiger partial charge >= 0.3 is 12.1 Å². The van der Waals surface area contributed by atoms with E-state index in [1.807, 2.05) is 7.05 Å². The molecule has 3 aliphatic heterocycles. The molecule has 3 aliphatic rings. The van der Waals surface area contributed by atoms with E-state index in [0.29, 0.717) is 39.4 Å². The number of carbonyl (C=O) groups is 16. The van der Waals surface area contributed by atoms with E-state index in [-0.39, 0.29) is 119 Å². The number of aliphatic hydroxyl groups excluding tert-OH is 1. The van der Waals surface area contributed by atoms with Gasteiger partial charge in [-0.15, -0.1) is 0 Å². The predicted molar refractivity (Wildman–Crippen MR) is 425 cm³/mol. The number of aromatic nitrogens is 2. The number of Topliss-reactive ketones (excluding diaryl/α,β-unsaturated/α-hetero) is 2. The number of H-pyrrole nitrogens is 2. The van der Waals surface area contributed by atoms with E-state index in [9.17, 15) is 86.9 Å². The fourth-order valence-corrected chi connectivity index (χ4v) is 15.6. The van der Waals surface area contributed by atoms with Gasteiger partial charge in [-0.3, -0.25) is 86.5 Å². The number of amides is 13. The van der Waals surface area contributed by atoms with Crippen LogP contribution in [0.5, 0.6) is 0 Å². The number of thioether (sulfide) groups is 2. The summed E-state index contributed by atoms with van der Waals surface area (Å²) in [4.78, 5) is 251. The van der Waals surface area contributed by atoms with Crippen molar-refractivity contribution in [2.45, 2.75) is 186 Å². The van der Waals surface area contributed by atoms with E-state index >= 15 is 0 Å². The smallest absolute Gasteiger partial charge is 0.373 e. The molecule has 14 atom stereocenters. The maximum absolute atomic E-state index is 14.7. The number of hydrogen-bond donors (Lipinski definition) is 16. The highest BCUT2D eigenvalue weighted by atomic mass is 32.2. The first-order chi connectivity index (χ1) is 55.0. The number of aliphatic carboxylic acids is 1. The van der Waals surface area contributed by atoms with Gasteiger partial charge in [0.15, 0.2) is 19.1 Å². The number of benzene rings is 2. The number of carbonyl (C=O) groups excluding carboxylic acids is 17. The van der Waals surface area contributed by atoms with Gasteiger partial charge in [-0.05, 0) is 75.1 Å². The van der Waals surface area contributed by atoms with E-state index in [1.54, 1.807) is 105 Å². The van der Waals surface area contributed by atoms with E-state index in [1.165, 1.54) is 49.2 Å². The Kier molecular flexibility index (Phi) is 37.1. The van der Waals surface area contributed by atoms with Crippen molar-refractivity contribution in [2.75, 3.05) is 69.6 Å². The number of carboxylic acid groups (broad SMARTS) is 1. The summed E-state index contributed by atoms with van der Waals surface area (Å²) < 4.78 is 0. The average Bonchev–Trinajstić information content (AvgIpc) is 1.67. The maximum Gasteiger partial charge on any atom is 0.373 e. The van der Waals surface area contributed by atoms with Crippen LogP contribution in [0.2, 0.25) is 0 Å². The highest BCUT2D eigenvalue weighted by Crippen LogP contribution is 2.26. The van der Waals surface area contributed by atoms with E-state index in [0.717, 1.165) is 4.90 Å². The summed E-state index contributed by atoms with van der Waals surface area (Å²) in [5, 5.41) is 45.7. The molecule has 0 radical (unpaired) electrons. The number of ketones is 2. The Morgan fingerprint density at radius 2 is 1.11 bits per heavy atom. The van der Waals surface area contributed by atoms with Crippen molar-refractivity contribution in [2.24, 2.45) is 35.1 Å². The number of para-hydroxylation sites is 2. The molecule has 13 amide bonds. The highest BCUT2D eigenvalue weighted by molar-refractivity contribution is 7.99. The molecule has 2 aromatic carbocycles. The van der Waals surface area contributed by atoms with Crippen molar-refractivity contribution >= 4 is 146 Å². The third-order valence-electron chi connectivity index (χ3n) is 20.2. The molecule has 0 spiro atoms. The molecule has 0 saturated carbocycles. The minimum absolute atomic E-state index is 0.00899. The Hall–Kier alpha value is -10.6. The maximum atomic E-state index is 14.7. The molecule has 37 nitrogen and oxygen atoms in total. The number of nitrogens with zero attached hydrogens (tertiary/aromatic N) is 3. The van der Waals surface area contributed by atoms with E-state index in [4.69, 9.17) is 21.1 Å². The number of nitrogens with two attached hydrogens (primary N) is 2. The normalized spacial score (nSPS) is 25.7.